The molecule has 0 unspecified atom stereocenters. The normalized spacial score (nSPS) is 22.3. The molecule has 1 amide bonds. The highest BCUT2D eigenvalue weighted by atomic mass is 16.5. The minimum Gasteiger partial charge on any atom is -0.495 e. The molecular formula is C23H28N8O2. The molecule has 0 bridgehead atoms. The highest BCUT2D eigenvalue weighted by Gasteiger charge is 2.39. The highest BCUT2D eigenvalue weighted by Crippen LogP contribution is 2.43. The van der Waals surface area contributed by atoms with Crippen LogP contribution in [0.25, 0.3) is 0 Å². The molecule has 10 nitrogen and oxygen atoms in total. The minimum atomic E-state index is -0.222. The molecule has 5 rings (SSSR count). The van der Waals surface area contributed by atoms with Gasteiger partial charge in [0.15, 0.2) is 5.82 Å². The summed E-state index contributed by atoms with van der Waals surface area (Å²) in [5.41, 5.74) is 12.0. The van der Waals surface area contributed by atoms with E-state index < -0.39 is 0 Å². The predicted octanol–water partition coefficient (Wildman–Crippen LogP) is 1.51. The van der Waals surface area contributed by atoms with Crippen LogP contribution in [0.15, 0.2) is 30.5 Å². The van der Waals surface area contributed by atoms with Crippen LogP contribution in [-0.2, 0) is 17.6 Å². The van der Waals surface area contributed by atoms with Crippen molar-refractivity contribution < 1.29 is 9.53 Å². The third-order valence-electron chi connectivity index (χ3n) is 6.67. The van der Waals surface area contributed by atoms with Crippen LogP contribution < -0.4 is 15.8 Å². The van der Waals surface area contributed by atoms with Crippen LogP contribution in [0.1, 0.15) is 46.6 Å². The number of aromatic nitrogens is 5. The number of benzene rings is 1. The van der Waals surface area contributed by atoms with E-state index in [-0.39, 0.29) is 30.3 Å². The summed E-state index contributed by atoms with van der Waals surface area (Å²) >= 11 is 0. The fraction of sp³-hybridized carbons (Fsp3) is 0.435. The van der Waals surface area contributed by atoms with E-state index in [1.165, 1.54) is 16.7 Å². The molecule has 10 heteroatoms. The number of methoxy groups -OCH3 is 1. The number of rotatable bonds is 5. The van der Waals surface area contributed by atoms with Gasteiger partial charge in [0.25, 0.3) is 0 Å². The molecule has 3 aromatic rings. The lowest BCUT2D eigenvalue weighted by molar-refractivity contribution is -0.115. The van der Waals surface area contributed by atoms with Crippen molar-refractivity contribution in [1.82, 2.24) is 30.5 Å². The summed E-state index contributed by atoms with van der Waals surface area (Å²) in [6.45, 7) is 3.91. The number of pyridine rings is 1. The third kappa shape index (κ3) is 4.31. The lowest BCUT2D eigenvalue weighted by Gasteiger charge is -2.46. The van der Waals surface area contributed by atoms with Crippen LogP contribution in [0.5, 0.6) is 5.75 Å². The molecule has 3 atom stereocenters. The molecule has 0 radical (unpaired) electrons. The number of nitrogens with zero attached hydrogens (tertiary/aromatic N) is 5. The molecule has 2 aromatic heterocycles. The Labute approximate surface area is 191 Å². The maximum atomic E-state index is 12.5. The highest BCUT2D eigenvalue weighted by molar-refractivity contribution is 5.93. The number of anilines is 1. The largest absolute Gasteiger partial charge is 0.495 e. The number of nitrogens with one attached hydrogen (secondary N) is 2. The van der Waals surface area contributed by atoms with Crippen LogP contribution >= 0.6 is 0 Å². The molecule has 2 aliphatic heterocycles. The van der Waals surface area contributed by atoms with Crippen molar-refractivity contribution in [3.05, 3.63) is 58.7 Å². The van der Waals surface area contributed by atoms with Crippen LogP contribution in [0, 0.1) is 6.92 Å². The number of tetrazole rings is 1. The number of nitrogens with two attached hydrogens (primary N) is 1. The Kier molecular flexibility index (Phi) is 5.77. The van der Waals surface area contributed by atoms with E-state index in [1.807, 2.05) is 24.4 Å². The first-order chi connectivity index (χ1) is 16.0. The van der Waals surface area contributed by atoms with Gasteiger partial charge in [-0.3, -0.25) is 14.7 Å². The monoisotopic (exact) mass is 448 g/mol. The van der Waals surface area contributed by atoms with E-state index in [0.29, 0.717) is 17.3 Å². The number of hydrogen-bond acceptors (Lipinski definition) is 8. The second-order valence-electron chi connectivity index (χ2n) is 8.83. The van der Waals surface area contributed by atoms with E-state index in [1.54, 1.807) is 7.11 Å². The first kappa shape index (κ1) is 21.5. The molecule has 1 saturated heterocycles. The Bertz CT molecular complexity index is 1150. The molecule has 1 aromatic carbocycles. The van der Waals surface area contributed by atoms with Gasteiger partial charge in [0.1, 0.15) is 5.75 Å². The number of H-pyrrole nitrogens is 1. The molecule has 4 heterocycles. The number of hydrogen-bond donors (Lipinski definition) is 3. The quantitative estimate of drug-likeness (QED) is 0.535. The summed E-state index contributed by atoms with van der Waals surface area (Å²) in [5.74, 6) is 0.968. The van der Waals surface area contributed by atoms with Crippen molar-refractivity contribution in [3.63, 3.8) is 0 Å². The van der Waals surface area contributed by atoms with Gasteiger partial charge in [-0.1, -0.05) is 5.21 Å². The van der Waals surface area contributed by atoms with Crippen molar-refractivity contribution in [2.75, 3.05) is 25.5 Å². The lowest BCUT2D eigenvalue weighted by Crippen LogP contribution is -2.50. The van der Waals surface area contributed by atoms with Crippen LogP contribution in [0.4, 0.5) is 5.69 Å². The number of aryl methyl sites for hydroxylation is 1. The van der Waals surface area contributed by atoms with Gasteiger partial charge in [-0.05, 0) is 60.7 Å². The summed E-state index contributed by atoms with van der Waals surface area (Å²) < 4.78 is 5.63. The number of fused-ring (bicyclic) bond motifs is 3. The molecular weight excluding hydrogens is 420 g/mol. The SMILES string of the molecule is COc1cc2c(cc1NC(=O)Cc1nn[nH]n1)CCN1C[C@@H](c3cc(C)ccn3)[C@H](N)C[C@H]21. The molecule has 1 fully saturated rings. The zero-order valence-electron chi connectivity index (χ0n) is 18.8. The smallest absolute Gasteiger partial charge is 0.232 e. The van der Waals surface area contributed by atoms with Crippen molar-refractivity contribution >= 4 is 11.6 Å². The van der Waals surface area contributed by atoms with Crippen molar-refractivity contribution in [2.24, 2.45) is 5.73 Å². The number of ether oxygens (including phenoxy) is 1. The van der Waals surface area contributed by atoms with Gasteiger partial charge in [0.05, 0.1) is 19.2 Å². The predicted molar refractivity (Wildman–Crippen MR) is 122 cm³/mol. The van der Waals surface area contributed by atoms with Gasteiger partial charge < -0.3 is 15.8 Å². The average Bonchev–Trinajstić information content (AvgIpc) is 3.31. The third-order valence-corrected chi connectivity index (χ3v) is 6.67. The fourth-order valence-corrected chi connectivity index (χ4v) is 5.03. The molecule has 0 spiro atoms. The number of amides is 1. The Morgan fingerprint density at radius 3 is 3.00 bits per heavy atom. The summed E-state index contributed by atoms with van der Waals surface area (Å²) in [6.07, 6.45) is 3.65. The Morgan fingerprint density at radius 2 is 2.24 bits per heavy atom. The lowest BCUT2D eigenvalue weighted by atomic mass is 9.79. The van der Waals surface area contributed by atoms with E-state index in [9.17, 15) is 4.79 Å². The fourth-order valence-electron chi connectivity index (χ4n) is 5.03. The number of piperidine rings is 1. The van der Waals surface area contributed by atoms with Gasteiger partial charge in [0.2, 0.25) is 5.91 Å². The molecule has 0 aliphatic carbocycles. The molecule has 172 valence electrons. The number of carbonyl (C=O) groups excluding carboxylic acids is 1. The van der Waals surface area contributed by atoms with Crippen LogP contribution in [0.3, 0.4) is 0 Å². The molecule has 0 saturated carbocycles. The van der Waals surface area contributed by atoms with Gasteiger partial charge in [0, 0.05) is 43.0 Å². The van der Waals surface area contributed by atoms with Gasteiger partial charge in [-0.25, -0.2) is 0 Å². The van der Waals surface area contributed by atoms with Gasteiger partial charge >= 0.3 is 0 Å². The van der Waals surface area contributed by atoms with Crippen molar-refractivity contribution in [2.45, 2.75) is 44.2 Å². The summed E-state index contributed by atoms with van der Waals surface area (Å²) in [4.78, 5) is 19.6. The van der Waals surface area contributed by atoms with Crippen LogP contribution in [0.2, 0.25) is 0 Å². The van der Waals surface area contributed by atoms with E-state index in [4.69, 9.17) is 10.5 Å². The summed E-state index contributed by atoms with van der Waals surface area (Å²) in [7, 11) is 1.61. The summed E-state index contributed by atoms with van der Waals surface area (Å²) in [5, 5.41) is 16.4. The second kappa shape index (κ2) is 8.87. The van der Waals surface area contributed by atoms with Gasteiger partial charge in [-0.15, -0.1) is 10.2 Å². The second-order valence-corrected chi connectivity index (χ2v) is 8.83. The Balaban J connectivity index is 1.37. The number of aromatic amines is 1. The van der Waals surface area contributed by atoms with Gasteiger partial charge in [-0.2, -0.15) is 5.21 Å². The van der Waals surface area contributed by atoms with Crippen molar-refractivity contribution in [3.8, 4) is 5.75 Å². The molecule has 33 heavy (non-hydrogen) atoms. The Morgan fingerprint density at radius 1 is 1.36 bits per heavy atom. The van der Waals surface area contributed by atoms with E-state index >= 15 is 0 Å². The van der Waals surface area contributed by atoms with E-state index in [0.717, 1.165) is 31.6 Å². The first-order valence-corrected chi connectivity index (χ1v) is 11.2. The standard InChI is InChI=1S/C23H28N8O2/c1-13-3-5-25-18(7-13)16-12-31-6-4-14-8-19(26-23(32)11-22-27-29-30-28-22)21(33-2)9-15(14)20(31)10-17(16)24/h3,5,7-9,16-17,20H,4,6,10-12,24H2,1-2H3,(H,26,32)(H,27,28,29,30)/t16-,17-,20-/m1/s1. The first-order valence-electron chi connectivity index (χ1n) is 11.2. The number of carbonyl (C=O) groups is 1. The maximum absolute atomic E-state index is 12.5. The zero-order chi connectivity index (χ0) is 22.9. The Hall–Kier alpha value is -3.37. The zero-order valence-corrected chi connectivity index (χ0v) is 18.8. The van der Waals surface area contributed by atoms with E-state index in [2.05, 4.69) is 48.8 Å². The average molecular weight is 449 g/mol. The van der Waals surface area contributed by atoms with Crippen molar-refractivity contribution in [1.29, 1.82) is 0 Å². The minimum absolute atomic E-state index is 0.0202. The molecule has 4 N–H and O–H groups in total. The van der Waals surface area contributed by atoms with Crippen LogP contribution in [-0.4, -0.2) is 62.7 Å². The summed E-state index contributed by atoms with van der Waals surface area (Å²) in [6, 6.07) is 8.49. The maximum Gasteiger partial charge on any atom is 0.232 e. The topological polar surface area (TPSA) is 135 Å². The molecule has 2 aliphatic rings.